The minimum Gasteiger partial charge on any atom is -0.491 e. The van der Waals surface area contributed by atoms with Crippen molar-refractivity contribution < 1.29 is 9.53 Å². The predicted octanol–water partition coefficient (Wildman–Crippen LogP) is 2.88. The molecule has 4 nitrogen and oxygen atoms in total. The molecule has 0 saturated carbocycles. The number of nitrogens with one attached hydrogen (secondary N) is 1. The molecule has 1 amide bonds. The normalized spacial score (nSPS) is 12.0. The molecule has 2 aromatic rings. The van der Waals surface area contributed by atoms with Crippen molar-refractivity contribution in [3.05, 3.63) is 65.7 Å². The Morgan fingerprint density at radius 3 is 2.33 bits per heavy atom. The molecule has 1 atom stereocenters. The zero-order chi connectivity index (χ0) is 17.4. The number of benzene rings is 2. The zero-order valence-electron chi connectivity index (χ0n) is 14.4. The zero-order valence-corrected chi connectivity index (χ0v) is 14.4. The van der Waals surface area contributed by atoms with Crippen LogP contribution in [0, 0.1) is 0 Å². The molecule has 2 rings (SSSR count). The Labute approximate surface area is 144 Å². The van der Waals surface area contributed by atoms with Gasteiger partial charge in [0, 0.05) is 13.1 Å². The van der Waals surface area contributed by atoms with Gasteiger partial charge in [-0.2, -0.15) is 0 Å². The van der Waals surface area contributed by atoms with Gasteiger partial charge in [0.2, 0.25) is 5.91 Å². The van der Waals surface area contributed by atoms with Crippen LogP contribution < -0.4 is 15.8 Å². The van der Waals surface area contributed by atoms with Gasteiger partial charge in [-0.25, -0.2) is 0 Å². The van der Waals surface area contributed by atoms with Crippen molar-refractivity contribution in [2.45, 2.75) is 32.3 Å². The molecule has 0 aliphatic carbocycles. The minimum absolute atomic E-state index is 0.0246. The van der Waals surface area contributed by atoms with Crippen LogP contribution in [0.3, 0.4) is 0 Å². The maximum absolute atomic E-state index is 12.3. The van der Waals surface area contributed by atoms with Crippen molar-refractivity contribution in [1.29, 1.82) is 0 Å². The lowest BCUT2D eigenvalue weighted by molar-refractivity contribution is -0.122. The van der Waals surface area contributed by atoms with Crippen LogP contribution >= 0.6 is 0 Å². The molecule has 0 radical (unpaired) electrons. The fraction of sp³-hybridized carbons (Fsp3) is 0.350. The molecule has 128 valence electrons. The van der Waals surface area contributed by atoms with Gasteiger partial charge in [0.15, 0.2) is 0 Å². The second kappa shape index (κ2) is 9.08. The molecule has 2 aromatic carbocycles. The van der Waals surface area contributed by atoms with Crippen LogP contribution in [0.1, 0.15) is 30.9 Å². The molecule has 0 aromatic heterocycles. The lowest BCUT2D eigenvalue weighted by Crippen LogP contribution is -2.34. The number of carbonyl (C=O) groups excluding carboxylic acids is 1. The lowest BCUT2D eigenvalue weighted by atomic mass is 9.98. The van der Waals surface area contributed by atoms with E-state index in [0.29, 0.717) is 13.1 Å². The van der Waals surface area contributed by atoms with E-state index in [-0.39, 0.29) is 17.9 Å². The maximum atomic E-state index is 12.3. The molecule has 0 fully saturated rings. The van der Waals surface area contributed by atoms with Crippen molar-refractivity contribution >= 4 is 5.91 Å². The molecule has 0 bridgehead atoms. The number of hydrogen-bond acceptors (Lipinski definition) is 3. The van der Waals surface area contributed by atoms with Crippen LogP contribution in [-0.2, 0) is 11.2 Å². The summed E-state index contributed by atoms with van der Waals surface area (Å²) in [5, 5.41) is 2.98. The molecule has 0 unspecified atom stereocenters. The van der Waals surface area contributed by atoms with E-state index in [0.717, 1.165) is 23.3 Å². The van der Waals surface area contributed by atoms with Gasteiger partial charge in [-0.15, -0.1) is 0 Å². The van der Waals surface area contributed by atoms with Crippen molar-refractivity contribution in [2.24, 2.45) is 5.73 Å². The summed E-state index contributed by atoms with van der Waals surface area (Å²) in [5.74, 6) is 0.543. The highest BCUT2D eigenvalue weighted by Crippen LogP contribution is 2.15. The van der Waals surface area contributed by atoms with E-state index in [4.69, 9.17) is 10.5 Å². The van der Waals surface area contributed by atoms with E-state index in [9.17, 15) is 4.79 Å². The number of rotatable bonds is 8. The molecule has 0 saturated heterocycles. The molecular formula is C20H26N2O2. The summed E-state index contributed by atoms with van der Waals surface area (Å²) in [6, 6.07) is 17.6. The summed E-state index contributed by atoms with van der Waals surface area (Å²) >= 11 is 0. The van der Waals surface area contributed by atoms with Crippen LogP contribution in [0.15, 0.2) is 54.6 Å². The molecule has 3 N–H and O–H groups in total. The van der Waals surface area contributed by atoms with E-state index in [2.05, 4.69) is 5.32 Å². The number of amides is 1. The third-order valence-corrected chi connectivity index (χ3v) is 3.76. The second-order valence-electron chi connectivity index (χ2n) is 6.05. The first-order valence-corrected chi connectivity index (χ1v) is 8.38. The Morgan fingerprint density at radius 1 is 1.08 bits per heavy atom. The van der Waals surface area contributed by atoms with E-state index < -0.39 is 0 Å². The number of ether oxygens (including phenoxy) is 1. The Balaban J connectivity index is 1.83. The number of carbonyl (C=O) groups is 1. The highest BCUT2D eigenvalue weighted by molar-refractivity contribution is 5.83. The van der Waals surface area contributed by atoms with E-state index in [1.54, 1.807) is 0 Å². The topological polar surface area (TPSA) is 64.3 Å². The highest BCUT2D eigenvalue weighted by Gasteiger charge is 2.18. The summed E-state index contributed by atoms with van der Waals surface area (Å²) in [4.78, 5) is 12.3. The Bertz CT molecular complexity index is 624. The van der Waals surface area contributed by atoms with Crippen LogP contribution in [-0.4, -0.2) is 25.1 Å². The summed E-state index contributed by atoms with van der Waals surface area (Å²) in [7, 11) is 0. The first kappa shape index (κ1) is 18.0. The van der Waals surface area contributed by atoms with Gasteiger partial charge in [-0.1, -0.05) is 42.5 Å². The van der Waals surface area contributed by atoms with Gasteiger partial charge in [0.25, 0.3) is 0 Å². The standard InChI is InChI=1S/C20H26N2O2/c1-15(2)24-18-10-8-16(9-11-18)12-13-22-20(23)19(14-21)17-6-4-3-5-7-17/h3-11,15,19H,12-14,21H2,1-2H3,(H,22,23)/t19-/m1/s1. The third kappa shape index (κ3) is 5.39. The molecule has 4 heteroatoms. The monoisotopic (exact) mass is 326 g/mol. The van der Waals surface area contributed by atoms with Gasteiger partial charge in [0.1, 0.15) is 5.75 Å². The fourth-order valence-corrected chi connectivity index (χ4v) is 2.54. The number of hydrogen-bond donors (Lipinski definition) is 2. The summed E-state index contributed by atoms with van der Waals surface area (Å²) in [6.45, 7) is 4.90. The summed E-state index contributed by atoms with van der Waals surface area (Å²) < 4.78 is 5.62. The predicted molar refractivity (Wildman–Crippen MR) is 97.2 cm³/mol. The first-order valence-electron chi connectivity index (χ1n) is 8.38. The Hall–Kier alpha value is -2.33. The Kier molecular flexibility index (Phi) is 6.82. The van der Waals surface area contributed by atoms with E-state index in [1.165, 1.54) is 0 Å². The quantitative estimate of drug-likeness (QED) is 0.784. The fourth-order valence-electron chi connectivity index (χ4n) is 2.54. The van der Waals surface area contributed by atoms with E-state index >= 15 is 0 Å². The second-order valence-corrected chi connectivity index (χ2v) is 6.05. The van der Waals surface area contributed by atoms with Crippen molar-refractivity contribution in [3.8, 4) is 5.75 Å². The van der Waals surface area contributed by atoms with Gasteiger partial charge in [-0.3, -0.25) is 4.79 Å². The minimum atomic E-state index is -0.298. The number of nitrogens with two attached hydrogens (primary N) is 1. The van der Waals surface area contributed by atoms with Crippen molar-refractivity contribution in [1.82, 2.24) is 5.32 Å². The SMILES string of the molecule is CC(C)Oc1ccc(CCNC(=O)[C@H](CN)c2ccccc2)cc1. The lowest BCUT2D eigenvalue weighted by Gasteiger charge is -2.15. The van der Waals surface area contributed by atoms with Crippen LogP contribution in [0.5, 0.6) is 5.75 Å². The summed E-state index contributed by atoms with van der Waals surface area (Å²) in [6.07, 6.45) is 0.945. The molecule has 0 heterocycles. The molecule has 24 heavy (non-hydrogen) atoms. The van der Waals surface area contributed by atoms with Crippen molar-refractivity contribution in [3.63, 3.8) is 0 Å². The maximum Gasteiger partial charge on any atom is 0.228 e. The molecule has 0 spiro atoms. The largest absolute Gasteiger partial charge is 0.491 e. The summed E-state index contributed by atoms with van der Waals surface area (Å²) in [5.41, 5.74) is 7.88. The average Bonchev–Trinajstić information content (AvgIpc) is 2.58. The molecule has 0 aliphatic heterocycles. The van der Waals surface area contributed by atoms with Crippen molar-refractivity contribution in [2.75, 3.05) is 13.1 Å². The molecule has 0 aliphatic rings. The third-order valence-electron chi connectivity index (χ3n) is 3.76. The van der Waals surface area contributed by atoms with Gasteiger partial charge in [-0.05, 0) is 43.5 Å². The van der Waals surface area contributed by atoms with Gasteiger partial charge < -0.3 is 15.8 Å². The molecular weight excluding hydrogens is 300 g/mol. The highest BCUT2D eigenvalue weighted by atomic mass is 16.5. The van der Waals surface area contributed by atoms with Crippen LogP contribution in [0.2, 0.25) is 0 Å². The van der Waals surface area contributed by atoms with Crippen LogP contribution in [0.25, 0.3) is 0 Å². The van der Waals surface area contributed by atoms with Crippen LogP contribution in [0.4, 0.5) is 0 Å². The van der Waals surface area contributed by atoms with Gasteiger partial charge >= 0.3 is 0 Å². The average molecular weight is 326 g/mol. The Morgan fingerprint density at radius 2 is 1.75 bits per heavy atom. The van der Waals surface area contributed by atoms with Gasteiger partial charge in [0.05, 0.1) is 12.0 Å². The first-order chi connectivity index (χ1) is 11.6. The van der Waals surface area contributed by atoms with E-state index in [1.807, 2.05) is 68.4 Å². The smallest absolute Gasteiger partial charge is 0.228 e.